The van der Waals surface area contributed by atoms with Gasteiger partial charge in [-0.3, -0.25) is 9.69 Å². The van der Waals surface area contributed by atoms with Crippen LogP contribution in [-0.2, 0) is 13.1 Å². The van der Waals surface area contributed by atoms with E-state index in [9.17, 15) is 13.6 Å². The molecule has 0 aromatic heterocycles. The average molecular weight is 290 g/mol. The molecule has 0 aliphatic rings. The Kier molecular flexibility index (Phi) is 4.65. The van der Waals surface area contributed by atoms with E-state index in [0.717, 1.165) is 11.6 Å². The minimum atomic E-state index is -0.582. The summed E-state index contributed by atoms with van der Waals surface area (Å²) in [7, 11) is 1.84. The van der Waals surface area contributed by atoms with Crippen LogP contribution < -0.4 is 5.73 Å². The van der Waals surface area contributed by atoms with Gasteiger partial charge in [-0.25, -0.2) is 8.78 Å². The summed E-state index contributed by atoms with van der Waals surface area (Å²) in [6.45, 7) is 0.944. The number of carbonyl (C=O) groups is 1. The third kappa shape index (κ3) is 4.10. The quantitative estimate of drug-likeness (QED) is 0.920. The van der Waals surface area contributed by atoms with E-state index in [1.807, 2.05) is 11.9 Å². The lowest BCUT2D eigenvalue weighted by atomic mass is 10.1. The van der Waals surface area contributed by atoms with Gasteiger partial charge in [0.25, 0.3) is 0 Å². The Labute approximate surface area is 122 Å². The second-order valence-electron chi connectivity index (χ2n) is 4.97. The fourth-order valence-electron chi connectivity index (χ4n) is 2.08. The number of hydrogen-bond acceptors (Lipinski definition) is 2. The molecule has 2 aromatic carbocycles. The predicted octanol–water partition coefficient (Wildman–Crippen LogP) is 2.70. The van der Waals surface area contributed by atoms with E-state index in [1.165, 1.54) is 12.1 Å². The van der Waals surface area contributed by atoms with Gasteiger partial charge in [0.1, 0.15) is 11.6 Å². The molecule has 0 saturated carbocycles. The molecule has 0 fully saturated rings. The van der Waals surface area contributed by atoms with Gasteiger partial charge in [-0.15, -0.1) is 0 Å². The molecular formula is C16H16F2N2O. The topological polar surface area (TPSA) is 46.3 Å². The zero-order valence-corrected chi connectivity index (χ0v) is 11.6. The highest BCUT2D eigenvalue weighted by Crippen LogP contribution is 2.13. The van der Waals surface area contributed by atoms with Crippen molar-refractivity contribution in [3.63, 3.8) is 0 Å². The second kappa shape index (κ2) is 6.45. The van der Waals surface area contributed by atoms with Gasteiger partial charge in [0.2, 0.25) is 5.91 Å². The summed E-state index contributed by atoms with van der Waals surface area (Å²) in [5, 5.41) is 0. The van der Waals surface area contributed by atoms with Crippen molar-refractivity contribution in [2.24, 2.45) is 5.73 Å². The van der Waals surface area contributed by atoms with Crippen LogP contribution in [0.3, 0.4) is 0 Å². The van der Waals surface area contributed by atoms with Gasteiger partial charge in [-0.2, -0.15) is 0 Å². The van der Waals surface area contributed by atoms with Crippen LogP contribution in [0.1, 0.15) is 21.5 Å². The molecule has 0 radical (unpaired) electrons. The van der Waals surface area contributed by atoms with Crippen molar-refractivity contribution in [3.05, 3.63) is 70.8 Å². The third-order valence-corrected chi connectivity index (χ3v) is 3.15. The van der Waals surface area contributed by atoms with Gasteiger partial charge < -0.3 is 5.73 Å². The SMILES string of the molecule is CN(Cc1ccc(C(N)=O)cc1)Cc1ccc(F)cc1F. The molecule has 2 rings (SSSR count). The van der Waals surface area contributed by atoms with Crippen LogP contribution in [0.4, 0.5) is 8.78 Å². The van der Waals surface area contributed by atoms with Crippen LogP contribution in [0, 0.1) is 11.6 Å². The van der Waals surface area contributed by atoms with Crippen LogP contribution in [-0.4, -0.2) is 17.9 Å². The van der Waals surface area contributed by atoms with Crippen LogP contribution in [0.15, 0.2) is 42.5 Å². The molecule has 0 aliphatic carbocycles. The van der Waals surface area contributed by atoms with Gasteiger partial charge in [0.05, 0.1) is 0 Å². The first-order valence-electron chi connectivity index (χ1n) is 6.47. The lowest BCUT2D eigenvalue weighted by molar-refractivity contribution is 0.100. The number of nitrogens with zero attached hydrogens (tertiary/aromatic N) is 1. The Morgan fingerprint density at radius 3 is 2.33 bits per heavy atom. The molecule has 0 unspecified atom stereocenters. The van der Waals surface area contributed by atoms with Crippen molar-refractivity contribution in [1.82, 2.24) is 4.90 Å². The molecule has 0 saturated heterocycles. The molecule has 21 heavy (non-hydrogen) atoms. The smallest absolute Gasteiger partial charge is 0.248 e. The van der Waals surface area contributed by atoms with E-state index >= 15 is 0 Å². The highest BCUT2D eigenvalue weighted by molar-refractivity contribution is 5.92. The predicted molar refractivity (Wildman–Crippen MR) is 76.5 cm³/mol. The number of amides is 1. The van der Waals surface area contributed by atoms with Crippen molar-refractivity contribution in [2.75, 3.05) is 7.05 Å². The van der Waals surface area contributed by atoms with Gasteiger partial charge in [-0.1, -0.05) is 18.2 Å². The zero-order valence-electron chi connectivity index (χ0n) is 11.6. The van der Waals surface area contributed by atoms with Gasteiger partial charge in [0, 0.05) is 30.3 Å². The number of carbonyl (C=O) groups excluding carboxylic acids is 1. The summed E-state index contributed by atoms with van der Waals surface area (Å²) >= 11 is 0. The van der Waals surface area contributed by atoms with E-state index in [4.69, 9.17) is 5.73 Å². The maximum absolute atomic E-state index is 13.6. The number of rotatable bonds is 5. The Hall–Kier alpha value is -2.27. The largest absolute Gasteiger partial charge is 0.366 e. The molecular weight excluding hydrogens is 274 g/mol. The van der Waals surface area contributed by atoms with E-state index in [-0.39, 0.29) is 0 Å². The summed E-state index contributed by atoms with van der Waals surface area (Å²) in [6, 6.07) is 10.5. The Morgan fingerprint density at radius 1 is 1.10 bits per heavy atom. The van der Waals surface area contributed by atoms with Crippen LogP contribution in [0.5, 0.6) is 0 Å². The van der Waals surface area contributed by atoms with Crippen LogP contribution >= 0.6 is 0 Å². The highest BCUT2D eigenvalue weighted by Gasteiger charge is 2.08. The lowest BCUT2D eigenvalue weighted by Crippen LogP contribution is -2.18. The summed E-state index contributed by atoms with van der Waals surface area (Å²) < 4.78 is 26.4. The standard InChI is InChI=1S/C16H16F2N2O/c1-20(10-13-6-7-14(17)8-15(13)18)9-11-2-4-12(5-3-11)16(19)21/h2-8H,9-10H2,1H3,(H2,19,21). The highest BCUT2D eigenvalue weighted by atomic mass is 19.1. The fraction of sp³-hybridized carbons (Fsp3) is 0.188. The maximum atomic E-state index is 13.6. The van der Waals surface area contributed by atoms with E-state index < -0.39 is 17.5 Å². The fourth-order valence-corrected chi connectivity index (χ4v) is 2.08. The second-order valence-corrected chi connectivity index (χ2v) is 4.97. The molecule has 0 heterocycles. The first-order valence-corrected chi connectivity index (χ1v) is 6.47. The van der Waals surface area contributed by atoms with Gasteiger partial charge >= 0.3 is 0 Å². The van der Waals surface area contributed by atoms with Crippen molar-refractivity contribution >= 4 is 5.91 Å². The number of benzene rings is 2. The minimum absolute atomic E-state index is 0.365. The third-order valence-electron chi connectivity index (χ3n) is 3.15. The van der Waals surface area contributed by atoms with E-state index in [0.29, 0.717) is 24.2 Å². The van der Waals surface area contributed by atoms with Crippen molar-refractivity contribution in [2.45, 2.75) is 13.1 Å². The van der Waals surface area contributed by atoms with Crippen LogP contribution in [0.2, 0.25) is 0 Å². The normalized spacial score (nSPS) is 10.9. The van der Waals surface area contributed by atoms with Gasteiger partial charge in [-0.05, 0) is 30.8 Å². The van der Waals surface area contributed by atoms with Crippen molar-refractivity contribution in [1.29, 1.82) is 0 Å². The molecule has 0 spiro atoms. The molecule has 2 aromatic rings. The summed E-state index contributed by atoms with van der Waals surface area (Å²) in [5.74, 6) is -1.60. The van der Waals surface area contributed by atoms with E-state index in [1.54, 1.807) is 24.3 Å². The molecule has 2 N–H and O–H groups in total. The molecule has 1 amide bonds. The van der Waals surface area contributed by atoms with E-state index in [2.05, 4.69) is 0 Å². The average Bonchev–Trinajstić information content (AvgIpc) is 2.42. The Balaban J connectivity index is 2.01. The first-order chi connectivity index (χ1) is 9.95. The number of primary amides is 1. The molecule has 0 aliphatic heterocycles. The molecule has 0 bridgehead atoms. The molecule has 110 valence electrons. The lowest BCUT2D eigenvalue weighted by Gasteiger charge is -2.17. The molecule has 3 nitrogen and oxygen atoms in total. The van der Waals surface area contributed by atoms with Crippen molar-refractivity contribution in [3.8, 4) is 0 Å². The first kappa shape index (κ1) is 15.1. The summed E-state index contributed by atoms with van der Waals surface area (Å²) in [4.78, 5) is 12.9. The Bertz CT molecular complexity index is 641. The zero-order chi connectivity index (χ0) is 15.4. The minimum Gasteiger partial charge on any atom is -0.366 e. The number of hydrogen-bond donors (Lipinski definition) is 1. The monoisotopic (exact) mass is 290 g/mol. The summed E-state index contributed by atoms with van der Waals surface area (Å²) in [6.07, 6.45) is 0. The van der Waals surface area contributed by atoms with Gasteiger partial charge in [0.15, 0.2) is 0 Å². The maximum Gasteiger partial charge on any atom is 0.248 e. The van der Waals surface area contributed by atoms with Crippen molar-refractivity contribution < 1.29 is 13.6 Å². The number of nitrogens with two attached hydrogens (primary N) is 1. The summed E-state index contributed by atoms with van der Waals surface area (Å²) in [5.41, 5.74) is 7.04. The Morgan fingerprint density at radius 2 is 1.76 bits per heavy atom. The van der Waals surface area contributed by atoms with Crippen LogP contribution in [0.25, 0.3) is 0 Å². The molecule has 0 atom stereocenters. The molecule has 5 heteroatoms. The number of halogens is 2.